The molecule has 19 heavy (non-hydrogen) atoms. The lowest BCUT2D eigenvalue weighted by molar-refractivity contribution is -0.117. The largest absolute Gasteiger partial charge is 0.325 e. The van der Waals surface area contributed by atoms with E-state index in [1.807, 2.05) is 0 Å². The summed E-state index contributed by atoms with van der Waals surface area (Å²) in [6, 6.07) is 5.49. The molecule has 0 spiro atoms. The number of hydrogen-bond acceptors (Lipinski definition) is 3. The molecule has 1 atom stereocenters. The van der Waals surface area contributed by atoms with E-state index in [4.69, 9.17) is 11.6 Å². The van der Waals surface area contributed by atoms with Crippen molar-refractivity contribution in [3.05, 3.63) is 45.4 Å². The molecule has 0 bridgehead atoms. The standard InChI is InChI=1S/C14H13ClN2OS/c15-13-8-9(4-6-16-13)17-14(18)11-2-1-3-12-10(11)5-7-19-12/h4-8,11H,1-3H2,(H,16,17,18). The van der Waals surface area contributed by atoms with Gasteiger partial charge in [0.05, 0.1) is 5.92 Å². The molecular formula is C14H13ClN2OS. The summed E-state index contributed by atoms with van der Waals surface area (Å²) in [4.78, 5) is 17.6. The Morgan fingerprint density at radius 1 is 1.47 bits per heavy atom. The van der Waals surface area contributed by atoms with Gasteiger partial charge in [0.25, 0.3) is 0 Å². The van der Waals surface area contributed by atoms with Crippen LogP contribution in [0, 0.1) is 0 Å². The first-order chi connectivity index (χ1) is 9.24. The first-order valence-electron chi connectivity index (χ1n) is 6.23. The maximum atomic E-state index is 12.4. The van der Waals surface area contributed by atoms with Crippen molar-refractivity contribution in [2.45, 2.75) is 25.2 Å². The van der Waals surface area contributed by atoms with E-state index in [2.05, 4.69) is 21.7 Å². The Bertz CT molecular complexity index is 611. The fraction of sp³-hybridized carbons (Fsp3) is 0.286. The van der Waals surface area contributed by atoms with Gasteiger partial charge in [-0.25, -0.2) is 4.98 Å². The molecule has 1 N–H and O–H groups in total. The SMILES string of the molecule is O=C(Nc1ccnc(Cl)c1)C1CCCc2sccc21. The Hall–Kier alpha value is -1.39. The number of hydrogen-bond donors (Lipinski definition) is 1. The predicted octanol–water partition coefficient (Wildman–Crippen LogP) is 3.86. The van der Waals surface area contributed by atoms with Crippen LogP contribution in [0.4, 0.5) is 5.69 Å². The zero-order valence-electron chi connectivity index (χ0n) is 10.2. The molecule has 3 rings (SSSR count). The number of rotatable bonds is 2. The lowest BCUT2D eigenvalue weighted by Crippen LogP contribution is -2.23. The molecular weight excluding hydrogens is 280 g/mol. The van der Waals surface area contributed by atoms with Crippen molar-refractivity contribution in [3.63, 3.8) is 0 Å². The molecule has 0 fully saturated rings. The smallest absolute Gasteiger partial charge is 0.231 e. The summed E-state index contributed by atoms with van der Waals surface area (Å²) < 4.78 is 0. The van der Waals surface area contributed by atoms with E-state index in [9.17, 15) is 4.79 Å². The van der Waals surface area contributed by atoms with Crippen molar-refractivity contribution >= 4 is 34.5 Å². The number of nitrogens with zero attached hydrogens (tertiary/aromatic N) is 1. The van der Waals surface area contributed by atoms with Gasteiger partial charge in [0.2, 0.25) is 5.91 Å². The lowest BCUT2D eigenvalue weighted by Gasteiger charge is -2.21. The Labute approximate surface area is 120 Å². The average molecular weight is 293 g/mol. The highest BCUT2D eigenvalue weighted by Crippen LogP contribution is 2.35. The highest BCUT2D eigenvalue weighted by molar-refractivity contribution is 7.10. The second-order valence-corrected chi connectivity index (χ2v) is 5.99. The first-order valence-corrected chi connectivity index (χ1v) is 7.48. The van der Waals surface area contributed by atoms with E-state index in [1.54, 1.807) is 29.7 Å². The van der Waals surface area contributed by atoms with E-state index in [0.29, 0.717) is 10.8 Å². The summed E-state index contributed by atoms with van der Waals surface area (Å²) in [5.74, 6) is 0.00329. The summed E-state index contributed by atoms with van der Waals surface area (Å²) in [6.07, 6.45) is 4.67. The molecule has 5 heteroatoms. The maximum absolute atomic E-state index is 12.4. The normalized spacial score (nSPS) is 17.8. The van der Waals surface area contributed by atoms with Crippen molar-refractivity contribution in [1.29, 1.82) is 0 Å². The molecule has 1 aliphatic carbocycles. The molecule has 3 nitrogen and oxygen atoms in total. The van der Waals surface area contributed by atoms with Gasteiger partial charge in [-0.15, -0.1) is 11.3 Å². The van der Waals surface area contributed by atoms with Crippen molar-refractivity contribution in [3.8, 4) is 0 Å². The Morgan fingerprint density at radius 2 is 2.37 bits per heavy atom. The molecule has 0 saturated carbocycles. The summed E-state index contributed by atoms with van der Waals surface area (Å²) in [5.41, 5.74) is 1.89. The Morgan fingerprint density at radius 3 is 3.21 bits per heavy atom. The number of pyridine rings is 1. The van der Waals surface area contributed by atoms with Gasteiger partial charge in [0.1, 0.15) is 5.15 Å². The third kappa shape index (κ3) is 2.65. The van der Waals surface area contributed by atoms with E-state index >= 15 is 0 Å². The number of nitrogens with one attached hydrogen (secondary N) is 1. The second-order valence-electron chi connectivity index (χ2n) is 4.60. The van der Waals surface area contributed by atoms with Crippen LogP contribution in [0.25, 0.3) is 0 Å². The van der Waals surface area contributed by atoms with Crippen LogP contribution >= 0.6 is 22.9 Å². The summed E-state index contributed by atoms with van der Waals surface area (Å²) in [6.45, 7) is 0. The summed E-state index contributed by atoms with van der Waals surface area (Å²) >= 11 is 7.56. The Kier molecular flexibility index (Phi) is 3.53. The van der Waals surface area contributed by atoms with Gasteiger partial charge >= 0.3 is 0 Å². The first kappa shape index (κ1) is 12.6. The molecule has 1 amide bonds. The average Bonchev–Trinajstić information content (AvgIpc) is 2.86. The lowest BCUT2D eigenvalue weighted by atomic mass is 9.87. The van der Waals surface area contributed by atoms with Gasteiger partial charge in [0.15, 0.2) is 0 Å². The number of halogens is 1. The number of anilines is 1. The summed E-state index contributed by atoms with van der Waals surface area (Å²) in [5, 5.41) is 5.38. The van der Waals surface area contributed by atoms with Crippen LogP contribution in [0.2, 0.25) is 5.15 Å². The third-order valence-electron chi connectivity index (χ3n) is 3.36. The minimum absolute atomic E-state index is 0.0399. The number of carbonyl (C=O) groups is 1. The molecule has 0 radical (unpaired) electrons. The molecule has 0 saturated heterocycles. The van der Waals surface area contributed by atoms with Crippen LogP contribution in [-0.4, -0.2) is 10.9 Å². The number of fused-ring (bicyclic) bond motifs is 1. The van der Waals surface area contributed by atoms with Crippen LogP contribution < -0.4 is 5.32 Å². The van der Waals surface area contributed by atoms with Crippen molar-refractivity contribution in [2.75, 3.05) is 5.32 Å². The van der Waals surface area contributed by atoms with Crippen molar-refractivity contribution < 1.29 is 4.79 Å². The quantitative estimate of drug-likeness (QED) is 0.854. The third-order valence-corrected chi connectivity index (χ3v) is 4.57. The van der Waals surface area contributed by atoms with Crippen LogP contribution in [0.5, 0.6) is 0 Å². The van der Waals surface area contributed by atoms with Crippen molar-refractivity contribution in [2.24, 2.45) is 0 Å². The van der Waals surface area contributed by atoms with Gasteiger partial charge in [-0.1, -0.05) is 11.6 Å². The zero-order chi connectivity index (χ0) is 13.2. The molecule has 0 aliphatic heterocycles. The zero-order valence-corrected chi connectivity index (χ0v) is 11.8. The van der Waals surface area contributed by atoms with Gasteiger partial charge in [-0.2, -0.15) is 0 Å². The highest BCUT2D eigenvalue weighted by Gasteiger charge is 2.27. The fourth-order valence-corrected chi connectivity index (χ4v) is 3.63. The molecule has 2 aromatic heterocycles. The van der Waals surface area contributed by atoms with E-state index in [0.717, 1.165) is 19.3 Å². The van der Waals surface area contributed by atoms with Crippen LogP contribution in [0.3, 0.4) is 0 Å². The van der Waals surface area contributed by atoms with Crippen LogP contribution in [-0.2, 0) is 11.2 Å². The number of aromatic nitrogens is 1. The minimum Gasteiger partial charge on any atom is -0.325 e. The van der Waals surface area contributed by atoms with Gasteiger partial charge in [-0.3, -0.25) is 4.79 Å². The maximum Gasteiger partial charge on any atom is 0.231 e. The Balaban J connectivity index is 1.79. The second kappa shape index (κ2) is 5.31. The van der Waals surface area contributed by atoms with Crippen molar-refractivity contribution in [1.82, 2.24) is 4.98 Å². The predicted molar refractivity (Wildman–Crippen MR) is 77.9 cm³/mol. The molecule has 2 heterocycles. The van der Waals surface area contributed by atoms with Gasteiger partial charge in [-0.05, 0) is 48.4 Å². The van der Waals surface area contributed by atoms with E-state index < -0.39 is 0 Å². The van der Waals surface area contributed by atoms with Crippen LogP contribution in [0.15, 0.2) is 29.8 Å². The molecule has 98 valence electrons. The molecule has 1 unspecified atom stereocenters. The van der Waals surface area contributed by atoms with E-state index in [-0.39, 0.29) is 11.8 Å². The number of carbonyl (C=O) groups excluding carboxylic acids is 1. The topological polar surface area (TPSA) is 42.0 Å². The fourth-order valence-electron chi connectivity index (χ4n) is 2.47. The highest BCUT2D eigenvalue weighted by atomic mass is 35.5. The van der Waals surface area contributed by atoms with Gasteiger partial charge < -0.3 is 5.32 Å². The molecule has 1 aliphatic rings. The minimum atomic E-state index is -0.0399. The monoisotopic (exact) mass is 292 g/mol. The summed E-state index contributed by atoms with van der Waals surface area (Å²) in [7, 11) is 0. The van der Waals surface area contributed by atoms with Gasteiger partial charge in [0, 0.05) is 16.8 Å². The van der Waals surface area contributed by atoms with E-state index in [1.165, 1.54) is 10.4 Å². The number of amides is 1. The number of thiophene rings is 1. The molecule has 2 aromatic rings. The van der Waals surface area contributed by atoms with Crippen LogP contribution in [0.1, 0.15) is 29.2 Å². The number of aryl methyl sites for hydroxylation is 1. The molecule has 0 aromatic carbocycles.